The van der Waals surface area contributed by atoms with Crippen molar-refractivity contribution in [3.63, 3.8) is 0 Å². The van der Waals surface area contributed by atoms with Gasteiger partial charge in [0.2, 0.25) is 18.2 Å². The van der Waals surface area contributed by atoms with Crippen molar-refractivity contribution in [1.82, 2.24) is 10.6 Å². The summed E-state index contributed by atoms with van der Waals surface area (Å²) < 4.78 is 0. The second kappa shape index (κ2) is 9.64. The van der Waals surface area contributed by atoms with Crippen LogP contribution in [0, 0.1) is 5.92 Å². The van der Waals surface area contributed by atoms with Gasteiger partial charge in [0.1, 0.15) is 12.1 Å². The van der Waals surface area contributed by atoms with Crippen LogP contribution in [0.15, 0.2) is 24.3 Å². The van der Waals surface area contributed by atoms with Crippen molar-refractivity contribution in [2.75, 3.05) is 5.32 Å². The first-order valence-electron chi connectivity index (χ1n) is 7.60. The summed E-state index contributed by atoms with van der Waals surface area (Å²) in [7, 11) is 0. The minimum absolute atomic E-state index is 0.0947. The summed E-state index contributed by atoms with van der Waals surface area (Å²) in [6.07, 6.45) is 0.474. The average Bonchev–Trinajstić information content (AvgIpc) is 2.54. The fraction of sp³-hybridized carbons (Fsp3) is 0.438. The third-order valence-corrected chi connectivity index (χ3v) is 3.42. The Morgan fingerprint density at radius 2 is 1.79 bits per heavy atom. The monoisotopic (exact) mass is 336 g/mol. The van der Waals surface area contributed by atoms with Crippen LogP contribution in [-0.4, -0.2) is 30.3 Å². The summed E-state index contributed by atoms with van der Waals surface area (Å²) in [6.45, 7) is 5.46. The Morgan fingerprint density at radius 3 is 2.29 bits per heavy atom. The van der Waals surface area contributed by atoms with Crippen molar-refractivity contribution in [3.8, 4) is 0 Å². The van der Waals surface area contributed by atoms with Crippen molar-refractivity contribution < 1.29 is 19.2 Å². The van der Waals surface area contributed by atoms with Crippen molar-refractivity contribution in [2.24, 2.45) is 11.8 Å². The lowest BCUT2D eigenvalue weighted by atomic mass is 10.0. The van der Waals surface area contributed by atoms with E-state index in [-0.39, 0.29) is 18.4 Å². The molecule has 8 nitrogen and oxygen atoms in total. The smallest absolute Gasteiger partial charge is 0.246 e. The Bertz CT molecular complexity index is 560. The quantitative estimate of drug-likeness (QED) is 0.381. The van der Waals surface area contributed by atoms with E-state index in [1.54, 1.807) is 45.0 Å². The zero-order valence-corrected chi connectivity index (χ0v) is 14.0. The van der Waals surface area contributed by atoms with Crippen LogP contribution in [0.1, 0.15) is 26.3 Å². The summed E-state index contributed by atoms with van der Waals surface area (Å²) in [5, 5.41) is 7.74. The number of anilines is 1. The largest absolute Gasteiger partial charge is 0.347 e. The molecule has 1 aromatic rings. The number of amides is 3. The van der Waals surface area contributed by atoms with Gasteiger partial charge in [0.05, 0.1) is 6.61 Å². The first-order valence-corrected chi connectivity index (χ1v) is 7.60. The molecule has 8 heteroatoms. The molecule has 1 rings (SSSR count). The number of carbonyl (C=O) groups excluding carboxylic acids is 3. The van der Waals surface area contributed by atoms with Gasteiger partial charge < -0.3 is 16.0 Å². The Morgan fingerprint density at radius 1 is 1.17 bits per heavy atom. The van der Waals surface area contributed by atoms with Crippen molar-refractivity contribution >= 4 is 23.9 Å². The van der Waals surface area contributed by atoms with Crippen LogP contribution in [0.4, 0.5) is 5.69 Å². The Hall–Kier alpha value is -2.45. The highest BCUT2D eigenvalue weighted by Crippen LogP contribution is 2.10. The second-order valence-electron chi connectivity index (χ2n) is 5.73. The zero-order valence-electron chi connectivity index (χ0n) is 14.0. The van der Waals surface area contributed by atoms with Gasteiger partial charge in [-0.05, 0) is 30.5 Å². The number of nitrogens with one attached hydrogen (secondary N) is 3. The van der Waals surface area contributed by atoms with E-state index < -0.39 is 18.0 Å². The summed E-state index contributed by atoms with van der Waals surface area (Å²) in [5.41, 5.74) is 1.46. The molecule has 0 bridgehead atoms. The first-order chi connectivity index (χ1) is 11.4. The van der Waals surface area contributed by atoms with E-state index >= 15 is 0 Å². The number of nitrogens with two attached hydrogens (primary N) is 1. The third-order valence-electron chi connectivity index (χ3n) is 3.42. The van der Waals surface area contributed by atoms with Crippen molar-refractivity contribution in [3.05, 3.63) is 29.8 Å². The van der Waals surface area contributed by atoms with Gasteiger partial charge in [0.15, 0.2) is 0 Å². The van der Waals surface area contributed by atoms with Gasteiger partial charge in [-0.2, -0.15) is 0 Å². The first kappa shape index (κ1) is 19.6. The molecule has 0 saturated heterocycles. The summed E-state index contributed by atoms with van der Waals surface area (Å²) in [5.74, 6) is 4.13. The van der Waals surface area contributed by atoms with Gasteiger partial charge in [-0.3, -0.25) is 19.2 Å². The fourth-order valence-corrected chi connectivity index (χ4v) is 2.04. The van der Waals surface area contributed by atoms with E-state index in [4.69, 9.17) is 5.90 Å². The zero-order chi connectivity index (χ0) is 18.1. The second-order valence-corrected chi connectivity index (χ2v) is 5.73. The number of rotatable bonds is 9. The Balaban J connectivity index is 2.60. The molecule has 5 N–H and O–H groups in total. The lowest BCUT2D eigenvalue weighted by Gasteiger charge is -2.22. The normalized spacial score (nSPS) is 13.0. The van der Waals surface area contributed by atoms with Crippen LogP contribution in [0.25, 0.3) is 0 Å². The van der Waals surface area contributed by atoms with E-state index in [1.165, 1.54) is 0 Å². The SMILES string of the molecule is CC(C)C(NC=O)C(=O)N[C@@H](C)C(=O)Nc1ccc(CON)cc1. The molecule has 0 aliphatic carbocycles. The molecular weight excluding hydrogens is 312 g/mol. The minimum atomic E-state index is -0.751. The molecule has 3 amide bonds. The molecule has 24 heavy (non-hydrogen) atoms. The Labute approximate surface area is 141 Å². The number of carbonyl (C=O) groups is 3. The van der Waals surface area contributed by atoms with Gasteiger partial charge in [-0.1, -0.05) is 26.0 Å². The molecule has 0 saturated carbocycles. The van der Waals surface area contributed by atoms with Crippen LogP contribution in [-0.2, 0) is 25.8 Å². The van der Waals surface area contributed by atoms with Crippen LogP contribution in [0.2, 0.25) is 0 Å². The predicted molar refractivity (Wildman–Crippen MR) is 89.5 cm³/mol. The minimum Gasteiger partial charge on any atom is -0.347 e. The molecule has 0 fully saturated rings. The standard InChI is InChI=1S/C16H24N4O4/c1-10(2)14(18-9-21)16(23)19-11(3)15(22)20-13-6-4-12(5-7-13)8-24-17/h4-7,9-11,14H,8,17H2,1-3H3,(H,18,21)(H,19,23)(H,20,22)/t11-,14?/m0/s1. The predicted octanol–water partition coefficient (Wildman–Crippen LogP) is 0.291. The van der Waals surface area contributed by atoms with E-state index in [9.17, 15) is 14.4 Å². The average molecular weight is 336 g/mol. The number of hydrogen-bond donors (Lipinski definition) is 4. The van der Waals surface area contributed by atoms with Crippen molar-refractivity contribution in [1.29, 1.82) is 0 Å². The Kier molecular flexibility index (Phi) is 7.87. The van der Waals surface area contributed by atoms with Crippen LogP contribution >= 0.6 is 0 Å². The molecular formula is C16H24N4O4. The van der Waals surface area contributed by atoms with Gasteiger partial charge >= 0.3 is 0 Å². The van der Waals surface area contributed by atoms with E-state index in [2.05, 4.69) is 20.8 Å². The molecule has 0 heterocycles. The molecule has 0 spiro atoms. The highest BCUT2D eigenvalue weighted by atomic mass is 16.6. The molecule has 0 aliphatic rings. The van der Waals surface area contributed by atoms with Crippen LogP contribution in [0.3, 0.4) is 0 Å². The van der Waals surface area contributed by atoms with Gasteiger partial charge in [-0.15, -0.1) is 0 Å². The maximum Gasteiger partial charge on any atom is 0.246 e. The topological polar surface area (TPSA) is 123 Å². The van der Waals surface area contributed by atoms with Gasteiger partial charge in [0, 0.05) is 5.69 Å². The van der Waals surface area contributed by atoms with Gasteiger partial charge in [0.25, 0.3) is 0 Å². The summed E-state index contributed by atoms with van der Waals surface area (Å²) >= 11 is 0. The molecule has 132 valence electrons. The molecule has 1 aromatic carbocycles. The highest BCUT2D eigenvalue weighted by molar-refractivity contribution is 5.97. The van der Waals surface area contributed by atoms with E-state index in [0.29, 0.717) is 12.1 Å². The van der Waals surface area contributed by atoms with Gasteiger partial charge in [-0.25, -0.2) is 5.90 Å². The molecule has 0 radical (unpaired) electrons. The summed E-state index contributed by atoms with van der Waals surface area (Å²) in [4.78, 5) is 39.4. The van der Waals surface area contributed by atoms with Crippen LogP contribution in [0.5, 0.6) is 0 Å². The molecule has 1 unspecified atom stereocenters. The fourth-order valence-electron chi connectivity index (χ4n) is 2.04. The van der Waals surface area contributed by atoms with Crippen molar-refractivity contribution in [2.45, 2.75) is 39.5 Å². The molecule has 0 aliphatic heterocycles. The lowest BCUT2D eigenvalue weighted by molar-refractivity contribution is -0.129. The molecule has 2 atom stereocenters. The lowest BCUT2D eigenvalue weighted by Crippen LogP contribution is -2.52. The summed E-state index contributed by atoms with van der Waals surface area (Å²) in [6, 6.07) is 5.54. The number of hydrogen-bond acceptors (Lipinski definition) is 5. The van der Waals surface area contributed by atoms with E-state index in [0.717, 1.165) is 5.56 Å². The maximum atomic E-state index is 12.1. The van der Waals surface area contributed by atoms with Crippen LogP contribution < -0.4 is 21.8 Å². The maximum absolute atomic E-state index is 12.1. The molecule has 0 aromatic heterocycles. The third kappa shape index (κ3) is 5.98. The van der Waals surface area contributed by atoms with E-state index in [1.807, 2.05) is 0 Å². The highest BCUT2D eigenvalue weighted by Gasteiger charge is 2.24. The number of benzene rings is 1.